The first kappa shape index (κ1) is 22.6. The van der Waals surface area contributed by atoms with E-state index in [9.17, 15) is 18.0 Å². The second-order valence-corrected chi connectivity index (χ2v) is 9.23. The van der Waals surface area contributed by atoms with Gasteiger partial charge < -0.3 is 5.32 Å². The summed E-state index contributed by atoms with van der Waals surface area (Å²) in [7, 11) is 0. The predicted molar refractivity (Wildman–Crippen MR) is 123 cm³/mol. The molecule has 1 amide bonds. The number of nitrogens with one attached hydrogen (secondary N) is 1. The molecule has 3 heterocycles. The Morgan fingerprint density at radius 2 is 1.94 bits per heavy atom. The van der Waals surface area contributed by atoms with Gasteiger partial charge in [0.25, 0.3) is 5.91 Å². The molecule has 0 bridgehead atoms. The van der Waals surface area contributed by atoms with Crippen LogP contribution in [-0.2, 0) is 12.7 Å². The van der Waals surface area contributed by atoms with E-state index in [1.165, 1.54) is 6.07 Å². The number of alkyl halides is 3. The summed E-state index contributed by atoms with van der Waals surface area (Å²) in [6.45, 7) is 4.36. The van der Waals surface area contributed by atoms with Crippen LogP contribution in [0.25, 0.3) is 5.65 Å². The second kappa shape index (κ2) is 8.23. The van der Waals surface area contributed by atoms with E-state index in [2.05, 4.69) is 36.4 Å². The third-order valence-corrected chi connectivity index (χ3v) is 6.92. The van der Waals surface area contributed by atoms with E-state index in [1.54, 1.807) is 18.2 Å². The van der Waals surface area contributed by atoms with Crippen molar-refractivity contribution in [2.24, 2.45) is 0 Å². The van der Waals surface area contributed by atoms with E-state index in [1.807, 2.05) is 24.6 Å². The number of nitrogens with zero attached hydrogens (tertiary/aromatic N) is 5. The summed E-state index contributed by atoms with van der Waals surface area (Å²) < 4.78 is 44.3. The smallest absolute Gasteiger partial charge is 0.321 e. The fourth-order valence-electron chi connectivity index (χ4n) is 3.84. The molecule has 0 saturated heterocycles. The summed E-state index contributed by atoms with van der Waals surface area (Å²) >= 11 is 3.51. The van der Waals surface area contributed by atoms with Gasteiger partial charge in [-0.2, -0.15) is 23.4 Å². The number of fused-ring (bicyclic) bond motifs is 1. The standard InChI is InChI=1S/C23H20BrF3N6O/c1-12-21(24)13(2)32(30-12)11-14-4-3-5-16(8-14)28-22(34)18-10-20-29-17(15-6-7-15)9-19(23(25,26)27)33(20)31-18/h3-5,8-10,15H,6-7,11H2,1-2H3,(H,28,34). The predicted octanol–water partition coefficient (Wildman–Crippen LogP) is 5.50. The molecule has 5 rings (SSSR count). The number of hydrogen-bond acceptors (Lipinski definition) is 4. The Morgan fingerprint density at radius 3 is 2.59 bits per heavy atom. The Labute approximate surface area is 201 Å². The van der Waals surface area contributed by atoms with Crippen molar-refractivity contribution in [2.45, 2.75) is 45.3 Å². The van der Waals surface area contributed by atoms with Crippen molar-refractivity contribution in [1.82, 2.24) is 24.4 Å². The first-order valence-electron chi connectivity index (χ1n) is 10.7. The SMILES string of the molecule is Cc1nn(Cc2cccc(NC(=O)c3cc4nc(C5CC5)cc(C(F)(F)F)n4n3)c2)c(C)c1Br. The van der Waals surface area contributed by atoms with Crippen LogP contribution in [0.4, 0.5) is 18.9 Å². The van der Waals surface area contributed by atoms with Gasteiger partial charge >= 0.3 is 6.18 Å². The van der Waals surface area contributed by atoms with Crippen LogP contribution < -0.4 is 5.32 Å². The summed E-state index contributed by atoms with van der Waals surface area (Å²) in [4.78, 5) is 17.1. The maximum atomic E-state index is 13.6. The molecular formula is C23H20BrF3N6O. The molecule has 34 heavy (non-hydrogen) atoms. The summed E-state index contributed by atoms with van der Waals surface area (Å²) in [5.74, 6) is -0.582. The molecule has 0 spiro atoms. The zero-order chi connectivity index (χ0) is 24.2. The van der Waals surface area contributed by atoms with Crippen LogP contribution in [0.1, 0.15) is 57.6 Å². The summed E-state index contributed by atoms with van der Waals surface area (Å²) in [5.41, 5.74) is 2.58. The molecular weight excluding hydrogens is 513 g/mol. The van der Waals surface area contributed by atoms with Crippen molar-refractivity contribution in [3.8, 4) is 0 Å². The Bertz CT molecular complexity index is 1420. The van der Waals surface area contributed by atoms with Crippen LogP contribution in [0.5, 0.6) is 0 Å². The first-order valence-corrected chi connectivity index (χ1v) is 11.5. The van der Waals surface area contributed by atoms with Gasteiger partial charge in [0.15, 0.2) is 11.3 Å². The molecule has 1 aliphatic rings. The van der Waals surface area contributed by atoms with Crippen molar-refractivity contribution in [3.05, 3.63) is 74.9 Å². The van der Waals surface area contributed by atoms with Crippen molar-refractivity contribution in [2.75, 3.05) is 5.32 Å². The van der Waals surface area contributed by atoms with Gasteiger partial charge in [-0.05, 0) is 66.4 Å². The topological polar surface area (TPSA) is 77.1 Å². The third kappa shape index (κ3) is 4.31. The lowest BCUT2D eigenvalue weighted by Crippen LogP contribution is -2.16. The lowest BCUT2D eigenvalue weighted by atomic mass is 10.2. The highest BCUT2D eigenvalue weighted by Gasteiger charge is 2.37. The quantitative estimate of drug-likeness (QED) is 0.368. The minimum atomic E-state index is -4.61. The van der Waals surface area contributed by atoms with Crippen molar-refractivity contribution in [1.29, 1.82) is 0 Å². The molecule has 0 unspecified atom stereocenters. The number of amides is 1. The Kier molecular flexibility index (Phi) is 5.46. The lowest BCUT2D eigenvalue weighted by molar-refractivity contribution is -0.142. The number of aryl methyl sites for hydroxylation is 1. The minimum Gasteiger partial charge on any atom is -0.321 e. The highest BCUT2D eigenvalue weighted by atomic mass is 79.9. The highest BCUT2D eigenvalue weighted by Crippen LogP contribution is 2.41. The zero-order valence-corrected chi connectivity index (χ0v) is 19.9. The molecule has 0 aliphatic heterocycles. The molecule has 3 aromatic heterocycles. The molecule has 1 N–H and O–H groups in total. The third-order valence-electron chi connectivity index (χ3n) is 5.78. The van der Waals surface area contributed by atoms with E-state index in [4.69, 9.17) is 0 Å². The van der Waals surface area contributed by atoms with E-state index in [-0.39, 0.29) is 17.3 Å². The average molecular weight is 533 g/mol. The number of rotatable bonds is 5. The fraction of sp³-hybridized carbons (Fsp3) is 0.304. The van der Waals surface area contributed by atoms with Crippen LogP contribution in [0.15, 0.2) is 40.9 Å². The number of halogens is 4. The monoisotopic (exact) mass is 532 g/mol. The van der Waals surface area contributed by atoms with Gasteiger partial charge in [-0.25, -0.2) is 9.50 Å². The van der Waals surface area contributed by atoms with Crippen LogP contribution in [0.2, 0.25) is 0 Å². The highest BCUT2D eigenvalue weighted by molar-refractivity contribution is 9.10. The Balaban J connectivity index is 1.40. The second-order valence-electron chi connectivity index (χ2n) is 8.43. The maximum absolute atomic E-state index is 13.6. The number of hydrogen-bond donors (Lipinski definition) is 1. The van der Waals surface area contributed by atoms with E-state index >= 15 is 0 Å². The maximum Gasteiger partial charge on any atom is 0.433 e. The normalized spacial score (nSPS) is 14.1. The lowest BCUT2D eigenvalue weighted by Gasteiger charge is -2.10. The molecule has 0 atom stereocenters. The van der Waals surface area contributed by atoms with E-state index in [0.29, 0.717) is 22.4 Å². The number of benzene rings is 1. The average Bonchev–Trinajstić information content (AvgIpc) is 3.49. The largest absolute Gasteiger partial charge is 0.433 e. The molecule has 7 nitrogen and oxygen atoms in total. The minimum absolute atomic E-state index is 0.00531. The Morgan fingerprint density at radius 1 is 1.18 bits per heavy atom. The van der Waals surface area contributed by atoms with Gasteiger partial charge in [0.2, 0.25) is 0 Å². The summed E-state index contributed by atoms with van der Waals surface area (Å²) in [5, 5.41) is 11.1. The molecule has 1 aliphatic carbocycles. The number of aromatic nitrogens is 5. The van der Waals surface area contributed by atoms with Crippen LogP contribution in [0, 0.1) is 13.8 Å². The van der Waals surface area contributed by atoms with Crippen molar-refractivity contribution >= 4 is 33.2 Å². The van der Waals surface area contributed by atoms with Crippen LogP contribution in [-0.4, -0.2) is 30.3 Å². The molecule has 1 aromatic carbocycles. The first-order chi connectivity index (χ1) is 16.1. The van der Waals surface area contributed by atoms with Crippen molar-refractivity contribution < 1.29 is 18.0 Å². The number of carbonyl (C=O) groups excluding carboxylic acids is 1. The molecule has 1 saturated carbocycles. The van der Waals surface area contributed by atoms with Gasteiger partial charge in [0.1, 0.15) is 5.69 Å². The number of carbonyl (C=O) groups is 1. The van der Waals surface area contributed by atoms with Gasteiger partial charge in [-0.1, -0.05) is 12.1 Å². The van der Waals surface area contributed by atoms with Gasteiger partial charge in [-0.15, -0.1) is 0 Å². The van der Waals surface area contributed by atoms with E-state index < -0.39 is 17.8 Å². The van der Waals surface area contributed by atoms with Crippen LogP contribution in [0.3, 0.4) is 0 Å². The summed E-state index contributed by atoms with van der Waals surface area (Å²) in [6.07, 6.45) is -2.99. The molecule has 11 heteroatoms. The molecule has 1 fully saturated rings. The molecule has 0 radical (unpaired) electrons. The number of anilines is 1. The van der Waals surface area contributed by atoms with Gasteiger partial charge in [-0.3, -0.25) is 9.48 Å². The fourth-order valence-corrected chi connectivity index (χ4v) is 4.12. The van der Waals surface area contributed by atoms with Crippen molar-refractivity contribution in [3.63, 3.8) is 0 Å². The molecule has 4 aromatic rings. The Hall–Kier alpha value is -3.21. The molecule has 176 valence electrons. The van der Waals surface area contributed by atoms with E-state index in [0.717, 1.165) is 40.3 Å². The summed E-state index contributed by atoms with van der Waals surface area (Å²) in [6, 6.07) is 9.51. The van der Waals surface area contributed by atoms with Gasteiger partial charge in [0.05, 0.1) is 22.4 Å². The van der Waals surface area contributed by atoms with Gasteiger partial charge in [0, 0.05) is 23.4 Å². The zero-order valence-electron chi connectivity index (χ0n) is 18.3. The van der Waals surface area contributed by atoms with Crippen LogP contribution >= 0.6 is 15.9 Å².